The van der Waals surface area contributed by atoms with Gasteiger partial charge in [-0.05, 0) is 0 Å². The number of aliphatic hydroxyl groups excluding tert-OH is 1. The monoisotopic (exact) mass is 145 g/mol. The van der Waals surface area contributed by atoms with E-state index in [9.17, 15) is 4.79 Å². The third kappa shape index (κ3) is 1.12. The van der Waals surface area contributed by atoms with Gasteiger partial charge in [0.1, 0.15) is 6.04 Å². The minimum absolute atomic E-state index is 0.183. The van der Waals surface area contributed by atoms with Crippen LogP contribution in [0.4, 0.5) is 0 Å². The number of hydrogen-bond acceptors (Lipinski definition) is 3. The fourth-order valence-corrected chi connectivity index (χ4v) is 1.15. The lowest BCUT2D eigenvalue weighted by Crippen LogP contribution is -2.34. The highest BCUT2D eigenvalue weighted by molar-refractivity contribution is 5.74. The largest absolute Gasteiger partial charge is 0.480 e. The van der Waals surface area contributed by atoms with Crippen molar-refractivity contribution in [3.05, 3.63) is 0 Å². The Morgan fingerprint density at radius 2 is 2.30 bits per heavy atom. The van der Waals surface area contributed by atoms with Crippen LogP contribution in [0.3, 0.4) is 0 Å². The van der Waals surface area contributed by atoms with Crippen molar-refractivity contribution in [2.75, 3.05) is 6.54 Å². The van der Waals surface area contributed by atoms with E-state index in [4.69, 9.17) is 10.2 Å². The van der Waals surface area contributed by atoms with E-state index < -0.39 is 18.1 Å². The number of hydrogen-bond donors (Lipinski definition) is 3. The fraction of sp³-hybridized carbons (Fsp3) is 0.833. The highest BCUT2D eigenvalue weighted by Crippen LogP contribution is 2.14. The molecule has 3 atom stereocenters. The summed E-state index contributed by atoms with van der Waals surface area (Å²) in [5, 5.41) is 20.3. The molecule has 2 unspecified atom stereocenters. The number of β-amino-alcohol motifs (C(OH)–C–C–N with tert-alkyl or cyclic N) is 1. The molecule has 4 heteroatoms. The number of carboxylic acid groups (broad SMARTS) is 1. The Bertz CT molecular complexity index is 148. The first-order valence-electron chi connectivity index (χ1n) is 3.27. The van der Waals surface area contributed by atoms with Crippen LogP contribution in [-0.2, 0) is 4.79 Å². The average Bonchev–Trinajstić information content (AvgIpc) is 2.14. The van der Waals surface area contributed by atoms with E-state index in [-0.39, 0.29) is 5.92 Å². The maximum atomic E-state index is 10.4. The number of carboxylic acids is 1. The normalized spacial score (nSPS) is 40.0. The van der Waals surface area contributed by atoms with Gasteiger partial charge in [-0.1, -0.05) is 6.92 Å². The second-order valence-corrected chi connectivity index (χ2v) is 2.65. The maximum absolute atomic E-state index is 10.4. The van der Waals surface area contributed by atoms with E-state index in [1.807, 2.05) is 0 Å². The van der Waals surface area contributed by atoms with Gasteiger partial charge in [-0.25, -0.2) is 0 Å². The van der Waals surface area contributed by atoms with Crippen molar-refractivity contribution in [2.45, 2.75) is 19.1 Å². The molecular formula is C6H11NO3. The second kappa shape index (κ2) is 2.56. The minimum atomic E-state index is -0.885. The SMILES string of the molecule is CC1C(O)CN[C@@H]1C(=O)O. The summed E-state index contributed by atoms with van der Waals surface area (Å²) < 4.78 is 0. The molecule has 0 aromatic rings. The zero-order valence-corrected chi connectivity index (χ0v) is 5.74. The molecule has 1 aliphatic rings. The van der Waals surface area contributed by atoms with Gasteiger partial charge in [0.2, 0.25) is 0 Å². The molecule has 0 aromatic carbocycles. The molecule has 3 N–H and O–H groups in total. The molecule has 0 aromatic heterocycles. The number of aliphatic carboxylic acids is 1. The van der Waals surface area contributed by atoms with Crippen molar-refractivity contribution in [3.63, 3.8) is 0 Å². The summed E-state index contributed by atoms with van der Waals surface area (Å²) in [6.45, 7) is 2.11. The zero-order valence-electron chi connectivity index (χ0n) is 5.74. The highest BCUT2D eigenvalue weighted by atomic mass is 16.4. The van der Waals surface area contributed by atoms with Crippen LogP contribution >= 0.6 is 0 Å². The van der Waals surface area contributed by atoms with Gasteiger partial charge >= 0.3 is 5.97 Å². The summed E-state index contributed by atoms with van der Waals surface area (Å²) in [7, 11) is 0. The van der Waals surface area contributed by atoms with Gasteiger partial charge in [-0.2, -0.15) is 0 Å². The summed E-state index contributed by atoms with van der Waals surface area (Å²) in [6, 6.07) is -0.574. The van der Waals surface area contributed by atoms with Gasteiger partial charge in [0.05, 0.1) is 6.10 Å². The van der Waals surface area contributed by atoms with E-state index >= 15 is 0 Å². The smallest absolute Gasteiger partial charge is 0.321 e. The number of aliphatic hydroxyl groups is 1. The number of nitrogens with one attached hydrogen (secondary N) is 1. The Hall–Kier alpha value is -0.610. The van der Waals surface area contributed by atoms with Crippen LogP contribution in [0.2, 0.25) is 0 Å². The van der Waals surface area contributed by atoms with Crippen LogP contribution in [0, 0.1) is 5.92 Å². The molecule has 1 rings (SSSR count). The Labute approximate surface area is 58.9 Å². The number of rotatable bonds is 1. The lowest BCUT2D eigenvalue weighted by atomic mass is 10.0. The average molecular weight is 145 g/mol. The van der Waals surface area contributed by atoms with Crippen molar-refractivity contribution >= 4 is 5.97 Å². The molecule has 1 fully saturated rings. The summed E-state index contributed by atoms with van der Waals surface area (Å²) in [5.41, 5.74) is 0. The first-order chi connectivity index (χ1) is 4.63. The van der Waals surface area contributed by atoms with Gasteiger partial charge < -0.3 is 15.5 Å². The molecule has 0 saturated carbocycles. The first-order valence-corrected chi connectivity index (χ1v) is 3.27. The summed E-state index contributed by atoms with van der Waals surface area (Å²) >= 11 is 0. The molecule has 1 heterocycles. The molecule has 0 amide bonds. The van der Waals surface area contributed by atoms with Crippen LogP contribution in [0.5, 0.6) is 0 Å². The Morgan fingerprint density at radius 3 is 2.50 bits per heavy atom. The molecule has 0 bridgehead atoms. The van der Waals surface area contributed by atoms with E-state index in [2.05, 4.69) is 5.32 Å². The van der Waals surface area contributed by atoms with Gasteiger partial charge in [0, 0.05) is 12.5 Å². The fourth-order valence-electron chi connectivity index (χ4n) is 1.15. The lowest BCUT2D eigenvalue weighted by Gasteiger charge is -2.10. The quantitative estimate of drug-likeness (QED) is 0.444. The molecule has 0 radical (unpaired) electrons. The first kappa shape index (κ1) is 7.50. The van der Waals surface area contributed by atoms with E-state index in [0.29, 0.717) is 6.54 Å². The Morgan fingerprint density at radius 1 is 1.70 bits per heavy atom. The molecule has 0 aliphatic carbocycles. The van der Waals surface area contributed by atoms with Crippen molar-refractivity contribution in [1.29, 1.82) is 0 Å². The molecule has 0 spiro atoms. The standard InChI is InChI=1S/C6H11NO3/c1-3-4(8)2-7-5(3)6(9)10/h3-5,7-8H,2H2,1H3,(H,9,10)/t3?,4?,5-/m0/s1. The second-order valence-electron chi connectivity index (χ2n) is 2.65. The van der Waals surface area contributed by atoms with E-state index in [1.54, 1.807) is 6.92 Å². The Kier molecular flexibility index (Phi) is 1.92. The van der Waals surface area contributed by atoms with Gasteiger partial charge in [0.15, 0.2) is 0 Å². The predicted molar refractivity (Wildman–Crippen MR) is 34.6 cm³/mol. The van der Waals surface area contributed by atoms with Crippen LogP contribution in [0.1, 0.15) is 6.92 Å². The van der Waals surface area contributed by atoms with E-state index in [0.717, 1.165) is 0 Å². The summed E-state index contributed by atoms with van der Waals surface area (Å²) in [5.74, 6) is -1.07. The minimum Gasteiger partial charge on any atom is -0.480 e. The Balaban J connectivity index is 2.57. The molecule has 58 valence electrons. The van der Waals surface area contributed by atoms with Crippen LogP contribution in [0.15, 0.2) is 0 Å². The summed E-state index contributed by atoms with van der Waals surface area (Å²) in [6.07, 6.45) is -0.513. The van der Waals surface area contributed by atoms with Crippen LogP contribution in [-0.4, -0.2) is 34.9 Å². The molecule has 10 heavy (non-hydrogen) atoms. The third-order valence-corrected chi connectivity index (χ3v) is 1.95. The van der Waals surface area contributed by atoms with Gasteiger partial charge in [0.25, 0.3) is 0 Å². The molecule has 4 nitrogen and oxygen atoms in total. The van der Waals surface area contributed by atoms with E-state index in [1.165, 1.54) is 0 Å². The van der Waals surface area contributed by atoms with Gasteiger partial charge in [-0.3, -0.25) is 4.79 Å². The third-order valence-electron chi connectivity index (χ3n) is 1.95. The predicted octanol–water partition coefficient (Wildman–Crippen LogP) is -0.960. The topological polar surface area (TPSA) is 69.6 Å². The highest BCUT2D eigenvalue weighted by Gasteiger charge is 2.35. The number of carbonyl (C=O) groups is 1. The zero-order chi connectivity index (χ0) is 7.72. The van der Waals surface area contributed by atoms with Crippen molar-refractivity contribution in [1.82, 2.24) is 5.32 Å². The molecule has 1 aliphatic heterocycles. The van der Waals surface area contributed by atoms with Crippen LogP contribution in [0.25, 0.3) is 0 Å². The molecular weight excluding hydrogens is 134 g/mol. The lowest BCUT2D eigenvalue weighted by molar-refractivity contribution is -0.140. The maximum Gasteiger partial charge on any atom is 0.321 e. The molecule has 1 saturated heterocycles. The summed E-state index contributed by atoms with van der Waals surface area (Å²) in [4.78, 5) is 10.4. The van der Waals surface area contributed by atoms with Gasteiger partial charge in [-0.15, -0.1) is 0 Å². The van der Waals surface area contributed by atoms with Crippen molar-refractivity contribution in [3.8, 4) is 0 Å². The van der Waals surface area contributed by atoms with Crippen molar-refractivity contribution < 1.29 is 15.0 Å². The van der Waals surface area contributed by atoms with Crippen molar-refractivity contribution in [2.24, 2.45) is 5.92 Å². The van der Waals surface area contributed by atoms with Crippen LogP contribution < -0.4 is 5.32 Å².